The van der Waals surface area contributed by atoms with Gasteiger partial charge < -0.3 is 14.9 Å². The lowest BCUT2D eigenvalue weighted by Crippen LogP contribution is -2.59. The summed E-state index contributed by atoms with van der Waals surface area (Å²) >= 11 is 0. The molecule has 2 aliphatic heterocycles. The number of hydrogen-bond donors (Lipinski definition) is 1. The van der Waals surface area contributed by atoms with E-state index >= 15 is 0 Å². The average Bonchev–Trinajstić information content (AvgIpc) is 3.28. The van der Waals surface area contributed by atoms with Crippen LogP contribution in [-0.2, 0) is 11.2 Å². The minimum Gasteiger partial charge on any atom is -0.508 e. The van der Waals surface area contributed by atoms with Crippen molar-refractivity contribution in [3.05, 3.63) is 53.2 Å². The molecule has 180 valence electrons. The van der Waals surface area contributed by atoms with E-state index in [0.717, 1.165) is 73.6 Å². The Hall–Kier alpha value is -3.33. The van der Waals surface area contributed by atoms with E-state index < -0.39 is 0 Å². The predicted molar refractivity (Wildman–Crippen MR) is 135 cm³/mol. The lowest BCUT2D eigenvalue weighted by molar-refractivity contribution is -0.136. The molecule has 0 unspecified atom stereocenters. The number of likely N-dealkylation sites (tertiary alicyclic amines) is 1. The van der Waals surface area contributed by atoms with Gasteiger partial charge in [0.15, 0.2) is 0 Å². The molecule has 0 radical (unpaired) electrons. The summed E-state index contributed by atoms with van der Waals surface area (Å²) in [6, 6.07) is 7.96. The number of pyridine rings is 1. The molecule has 1 aromatic carbocycles. The Bertz CT molecular complexity index is 1310. The number of phenols is 1. The maximum atomic E-state index is 12.0. The van der Waals surface area contributed by atoms with Gasteiger partial charge in [-0.05, 0) is 72.4 Å². The molecule has 1 amide bonds. The zero-order valence-corrected chi connectivity index (χ0v) is 20.8. The van der Waals surface area contributed by atoms with Gasteiger partial charge in [-0.25, -0.2) is 4.98 Å². The quantitative estimate of drug-likeness (QED) is 0.669. The summed E-state index contributed by atoms with van der Waals surface area (Å²) in [5.41, 5.74) is 6.17. The van der Waals surface area contributed by atoms with Crippen molar-refractivity contribution in [2.45, 2.75) is 46.0 Å². The summed E-state index contributed by atoms with van der Waals surface area (Å²) in [4.78, 5) is 21.4. The van der Waals surface area contributed by atoms with Crippen molar-refractivity contribution < 1.29 is 9.90 Å². The van der Waals surface area contributed by atoms with Gasteiger partial charge in [-0.3, -0.25) is 4.79 Å². The van der Waals surface area contributed by atoms with E-state index in [9.17, 15) is 15.2 Å². The average molecular weight is 469 g/mol. The third-order valence-electron chi connectivity index (χ3n) is 9.44. The van der Waals surface area contributed by atoms with Crippen molar-refractivity contribution >= 4 is 11.7 Å². The number of hydrogen-bond acceptors (Lipinski definition) is 5. The Morgan fingerprint density at radius 2 is 2.09 bits per heavy atom. The number of anilines is 1. The molecule has 2 saturated heterocycles. The summed E-state index contributed by atoms with van der Waals surface area (Å²) in [6.45, 7) is 13.4. The molecule has 1 spiro atoms. The standard InChI is InChI=1S/C29H32N4O2/c1-5-24(35)33-15-29(16-33)8-9-32(14-29)27-22(13-30)25(20-12-19(34)7-6-17(20)2)21-10-18-11-23(26(21)31-27)28(18,3)4/h5-7,12,18,23,34H,1,8-11,14-16H2,2-4H3/t18-,23-/m0/s1. The molecular formula is C29H32N4O2. The van der Waals surface area contributed by atoms with Gasteiger partial charge in [0.1, 0.15) is 23.2 Å². The van der Waals surface area contributed by atoms with Gasteiger partial charge in [0.05, 0.1) is 5.69 Å². The van der Waals surface area contributed by atoms with E-state index in [4.69, 9.17) is 4.98 Å². The highest BCUT2D eigenvalue weighted by Gasteiger charge is 2.55. The number of aryl methyl sites for hydroxylation is 1. The number of aromatic nitrogens is 1. The van der Waals surface area contributed by atoms with E-state index in [1.165, 1.54) is 11.6 Å². The number of rotatable bonds is 3. The predicted octanol–water partition coefficient (Wildman–Crippen LogP) is 4.54. The Morgan fingerprint density at radius 1 is 1.31 bits per heavy atom. The molecule has 7 rings (SSSR count). The lowest BCUT2D eigenvalue weighted by Gasteiger charge is -2.57. The normalized spacial score (nSPS) is 24.9. The Balaban J connectivity index is 1.47. The van der Waals surface area contributed by atoms with Crippen molar-refractivity contribution in [1.82, 2.24) is 9.88 Å². The Kier molecular flexibility index (Phi) is 4.64. The SMILES string of the molecule is C=CC(=O)N1CC2(CCN(c3nc4c(c(-c5cc(O)ccc5C)c3C#N)C[C@H]3C[C@@H]4C3(C)C)C2)C1. The van der Waals surface area contributed by atoms with Crippen LogP contribution < -0.4 is 4.90 Å². The van der Waals surface area contributed by atoms with E-state index in [1.807, 2.05) is 17.9 Å². The van der Waals surface area contributed by atoms with Crippen LogP contribution in [0.25, 0.3) is 11.1 Å². The lowest BCUT2D eigenvalue weighted by atomic mass is 9.48. The molecule has 6 nitrogen and oxygen atoms in total. The van der Waals surface area contributed by atoms with Crippen LogP contribution >= 0.6 is 0 Å². The molecule has 2 bridgehead atoms. The zero-order valence-electron chi connectivity index (χ0n) is 20.8. The van der Waals surface area contributed by atoms with Crippen LogP contribution in [-0.4, -0.2) is 47.1 Å². The maximum absolute atomic E-state index is 12.0. The van der Waals surface area contributed by atoms with E-state index in [-0.39, 0.29) is 22.5 Å². The monoisotopic (exact) mass is 468 g/mol. The van der Waals surface area contributed by atoms with E-state index in [1.54, 1.807) is 12.1 Å². The Labute approximate surface area is 206 Å². The summed E-state index contributed by atoms with van der Waals surface area (Å²) in [7, 11) is 0. The van der Waals surface area contributed by atoms with Crippen molar-refractivity contribution in [3.63, 3.8) is 0 Å². The molecule has 2 atom stereocenters. The molecule has 3 aliphatic carbocycles. The molecule has 1 saturated carbocycles. The second-order valence-corrected chi connectivity index (χ2v) is 11.7. The molecule has 1 N–H and O–H groups in total. The summed E-state index contributed by atoms with van der Waals surface area (Å²) in [5, 5.41) is 20.8. The number of carbonyl (C=O) groups excluding carboxylic acids is 1. The fourth-order valence-corrected chi connectivity index (χ4v) is 7.13. The summed E-state index contributed by atoms with van der Waals surface area (Å²) < 4.78 is 0. The maximum Gasteiger partial charge on any atom is 0.245 e. The van der Waals surface area contributed by atoms with Gasteiger partial charge in [-0.1, -0.05) is 26.5 Å². The third kappa shape index (κ3) is 3.07. The second-order valence-electron chi connectivity index (χ2n) is 11.7. The van der Waals surface area contributed by atoms with Crippen molar-refractivity contribution in [2.75, 3.05) is 31.1 Å². The second kappa shape index (κ2) is 7.34. The number of amides is 1. The molecular weight excluding hydrogens is 436 g/mol. The number of nitriles is 1. The molecule has 2 aromatic rings. The van der Waals surface area contributed by atoms with Crippen LogP contribution in [0.4, 0.5) is 5.82 Å². The van der Waals surface area contributed by atoms with Gasteiger partial charge in [0.2, 0.25) is 5.91 Å². The Morgan fingerprint density at radius 3 is 2.77 bits per heavy atom. The van der Waals surface area contributed by atoms with Gasteiger partial charge in [0.25, 0.3) is 0 Å². The third-order valence-corrected chi connectivity index (χ3v) is 9.44. The molecule has 6 heteroatoms. The van der Waals surface area contributed by atoms with Gasteiger partial charge in [-0.15, -0.1) is 0 Å². The van der Waals surface area contributed by atoms with Crippen LogP contribution in [0.5, 0.6) is 5.75 Å². The number of aromatic hydroxyl groups is 1. The van der Waals surface area contributed by atoms with Gasteiger partial charge >= 0.3 is 0 Å². The first-order valence-corrected chi connectivity index (χ1v) is 12.6. The number of benzene rings is 1. The fraction of sp³-hybridized carbons (Fsp3) is 0.483. The van der Waals surface area contributed by atoms with Crippen LogP contribution in [0, 0.1) is 35.0 Å². The highest BCUT2D eigenvalue weighted by molar-refractivity contribution is 5.88. The smallest absolute Gasteiger partial charge is 0.245 e. The fourth-order valence-electron chi connectivity index (χ4n) is 7.13. The summed E-state index contributed by atoms with van der Waals surface area (Å²) in [6.07, 6.45) is 4.44. The van der Waals surface area contributed by atoms with Crippen LogP contribution in [0.2, 0.25) is 0 Å². The van der Waals surface area contributed by atoms with E-state index in [0.29, 0.717) is 17.4 Å². The van der Waals surface area contributed by atoms with Crippen molar-refractivity contribution in [2.24, 2.45) is 16.7 Å². The molecule has 35 heavy (non-hydrogen) atoms. The number of phenolic OH excluding ortho intramolecular Hbond substituents is 1. The topological polar surface area (TPSA) is 80.5 Å². The molecule has 3 fully saturated rings. The molecule has 1 aromatic heterocycles. The first kappa shape index (κ1) is 22.2. The zero-order chi connectivity index (χ0) is 24.7. The minimum atomic E-state index is -0.0119. The first-order chi connectivity index (χ1) is 16.7. The minimum absolute atomic E-state index is 0.0119. The van der Waals surface area contributed by atoms with Gasteiger partial charge in [-0.2, -0.15) is 5.26 Å². The van der Waals surface area contributed by atoms with Crippen LogP contribution in [0.3, 0.4) is 0 Å². The van der Waals surface area contributed by atoms with Crippen molar-refractivity contribution in [1.29, 1.82) is 5.26 Å². The first-order valence-electron chi connectivity index (χ1n) is 12.6. The van der Waals surface area contributed by atoms with E-state index in [2.05, 4.69) is 31.4 Å². The van der Waals surface area contributed by atoms with Crippen LogP contribution in [0.1, 0.15) is 55.0 Å². The van der Waals surface area contributed by atoms with Crippen LogP contribution in [0.15, 0.2) is 30.9 Å². The van der Waals surface area contributed by atoms with Gasteiger partial charge in [0, 0.05) is 43.1 Å². The molecule has 5 aliphatic rings. The largest absolute Gasteiger partial charge is 0.508 e. The highest BCUT2D eigenvalue weighted by Crippen LogP contribution is 2.63. The summed E-state index contributed by atoms with van der Waals surface area (Å²) in [5.74, 6) is 1.95. The van der Waals surface area contributed by atoms with Crippen molar-refractivity contribution in [3.8, 4) is 22.9 Å². The molecule has 3 heterocycles. The highest BCUT2D eigenvalue weighted by atomic mass is 16.3. The number of nitrogens with zero attached hydrogens (tertiary/aromatic N) is 4. The number of carbonyl (C=O) groups is 1.